The van der Waals surface area contributed by atoms with Crippen LogP contribution in [0.5, 0.6) is 5.75 Å². The van der Waals surface area contributed by atoms with E-state index in [0.717, 1.165) is 20.5 Å². The molecule has 0 saturated heterocycles. The monoisotopic (exact) mass is 441 g/mol. The summed E-state index contributed by atoms with van der Waals surface area (Å²) in [6, 6.07) is 12.0. The van der Waals surface area contributed by atoms with E-state index in [1.807, 2.05) is 38.1 Å². The first-order valence-electron chi connectivity index (χ1n) is 9.49. The molecule has 1 N–H and O–H groups in total. The lowest BCUT2D eigenvalue weighted by Crippen LogP contribution is -2.35. The van der Waals surface area contributed by atoms with Gasteiger partial charge in [-0.15, -0.1) is 11.3 Å². The SMILES string of the molecule is CC[C@@H](C(=O)Nc1ccc(OC)c(Cl)c1)n1nc(C)c2sc3ccccc3c2c1=O. The summed E-state index contributed by atoms with van der Waals surface area (Å²) in [6.45, 7) is 3.71. The van der Waals surface area contributed by atoms with E-state index >= 15 is 0 Å². The molecule has 2 heterocycles. The van der Waals surface area contributed by atoms with Crippen molar-refractivity contribution >= 4 is 54.7 Å². The van der Waals surface area contributed by atoms with Crippen molar-refractivity contribution in [1.82, 2.24) is 9.78 Å². The molecule has 1 amide bonds. The van der Waals surface area contributed by atoms with Gasteiger partial charge in [-0.1, -0.05) is 36.7 Å². The van der Waals surface area contributed by atoms with Gasteiger partial charge in [-0.05, 0) is 37.6 Å². The van der Waals surface area contributed by atoms with Crippen LogP contribution in [0.2, 0.25) is 5.02 Å². The van der Waals surface area contributed by atoms with Crippen LogP contribution < -0.4 is 15.6 Å². The van der Waals surface area contributed by atoms with Gasteiger partial charge in [0.15, 0.2) is 0 Å². The van der Waals surface area contributed by atoms with Crippen LogP contribution in [0.15, 0.2) is 47.3 Å². The van der Waals surface area contributed by atoms with Crippen molar-refractivity contribution in [3.05, 3.63) is 63.5 Å². The summed E-state index contributed by atoms with van der Waals surface area (Å²) in [7, 11) is 1.53. The average Bonchev–Trinajstić information content (AvgIpc) is 3.13. The normalized spacial score (nSPS) is 12.3. The van der Waals surface area contributed by atoms with E-state index in [1.165, 1.54) is 11.8 Å². The molecule has 1 atom stereocenters. The lowest BCUT2D eigenvalue weighted by molar-refractivity contribution is -0.119. The van der Waals surface area contributed by atoms with Crippen LogP contribution >= 0.6 is 22.9 Å². The fourth-order valence-electron chi connectivity index (χ4n) is 3.53. The number of ether oxygens (including phenoxy) is 1. The molecule has 154 valence electrons. The second kappa shape index (κ2) is 8.08. The smallest absolute Gasteiger partial charge is 0.276 e. The Labute approximate surface area is 182 Å². The number of rotatable bonds is 5. The van der Waals surface area contributed by atoms with Gasteiger partial charge in [-0.3, -0.25) is 9.59 Å². The number of aryl methyl sites for hydroxylation is 1. The predicted molar refractivity (Wildman–Crippen MR) is 122 cm³/mol. The van der Waals surface area contributed by atoms with Crippen LogP contribution in [0.3, 0.4) is 0 Å². The predicted octanol–water partition coefficient (Wildman–Crippen LogP) is 5.17. The molecule has 0 fully saturated rings. The highest BCUT2D eigenvalue weighted by molar-refractivity contribution is 7.26. The fourth-order valence-corrected chi connectivity index (χ4v) is 4.92. The lowest BCUT2D eigenvalue weighted by atomic mass is 10.1. The summed E-state index contributed by atoms with van der Waals surface area (Å²) in [5.74, 6) is 0.191. The van der Waals surface area contributed by atoms with Crippen molar-refractivity contribution in [2.24, 2.45) is 0 Å². The number of nitrogens with one attached hydrogen (secondary N) is 1. The molecular weight excluding hydrogens is 422 g/mol. The molecule has 2 aromatic carbocycles. The Kier molecular flexibility index (Phi) is 5.49. The van der Waals surface area contributed by atoms with E-state index in [2.05, 4.69) is 10.4 Å². The van der Waals surface area contributed by atoms with Crippen LogP contribution in [0.4, 0.5) is 5.69 Å². The molecule has 4 aromatic rings. The number of hydrogen-bond acceptors (Lipinski definition) is 5. The van der Waals surface area contributed by atoms with Crippen LogP contribution in [0.25, 0.3) is 20.2 Å². The van der Waals surface area contributed by atoms with Crippen LogP contribution in [-0.2, 0) is 4.79 Å². The number of hydrogen-bond donors (Lipinski definition) is 1. The van der Waals surface area contributed by atoms with E-state index < -0.39 is 6.04 Å². The number of aromatic nitrogens is 2. The average molecular weight is 442 g/mol. The number of halogens is 1. The van der Waals surface area contributed by atoms with E-state index in [0.29, 0.717) is 28.3 Å². The van der Waals surface area contributed by atoms with Crippen molar-refractivity contribution in [2.45, 2.75) is 26.3 Å². The number of benzene rings is 2. The summed E-state index contributed by atoms with van der Waals surface area (Å²) in [5, 5.41) is 9.21. The second-order valence-electron chi connectivity index (χ2n) is 6.90. The van der Waals surface area contributed by atoms with Crippen molar-refractivity contribution < 1.29 is 9.53 Å². The van der Waals surface area contributed by atoms with E-state index in [4.69, 9.17) is 16.3 Å². The Morgan fingerprint density at radius 1 is 1.30 bits per heavy atom. The third-order valence-corrected chi connectivity index (χ3v) is 6.58. The summed E-state index contributed by atoms with van der Waals surface area (Å²) in [5.41, 5.74) is 0.989. The van der Waals surface area contributed by atoms with Crippen LogP contribution in [0.1, 0.15) is 25.1 Å². The molecule has 4 rings (SSSR count). The third kappa shape index (κ3) is 3.44. The molecule has 2 aromatic heterocycles. The number of fused-ring (bicyclic) bond motifs is 3. The molecule has 0 radical (unpaired) electrons. The Hall–Kier alpha value is -2.90. The van der Waals surface area contributed by atoms with Crippen molar-refractivity contribution in [3.8, 4) is 5.75 Å². The fraction of sp³-hybridized carbons (Fsp3) is 0.227. The number of carbonyl (C=O) groups excluding carboxylic acids is 1. The highest BCUT2D eigenvalue weighted by atomic mass is 35.5. The van der Waals surface area contributed by atoms with E-state index in [1.54, 1.807) is 29.5 Å². The van der Waals surface area contributed by atoms with Gasteiger partial charge in [0.2, 0.25) is 5.91 Å². The van der Waals surface area contributed by atoms with Crippen molar-refractivity contribution in [1.29, 1.82) is 0 Å². The summed E-state index contributed by atoms with van der Waals surface area (Å²) in [4.78, 5) is 26.4. The molecule has 0 saturated carbocycles. The molecule has 0 bridgehead atoms. The minimum absolute atomic E-state index is 0.261. The van der Waals surface area contributed by atoms with E-state index in [9.17, 15) is 9.59 Å². The molecule has 0 spiro atoms. The van der Waals surface area contributed by atoms with Gasteiger partial charge in [-0.2, -0.15) is 5.10 Å². The van der Waals surface area contributed by atoms with E-state index in [-0.39, 0.29) is 11.5 Å². The molecular formula is C22H20ClN3O3S. The minimum Gasteiger partial charge on any atom is -0.495 e. The minimum atomic E-state index is -0.750. The second-order valence-corrected chi connectivity index (χ2v) is 8.36. The van der Waals surface area contributed by atoms with Gasteiger partial charge in [0.1, 0.15) is 11.8 Å². The summed E-state index contributed by atoms with van der Waals surface area (Å²) < 4.78 is 8.33. The summed E-state index contributed by atoms with van der Waals surface area (Å²) >= 11 is 7.70. The Morgan fingerprint density at radius 2 is 2.07 bits per heavy atom. The zero-order valence-electron chi connectivity index (χ0n) is 16.7. The molecule has 0 unspecified atom stereocenters. The maximum atomic E-state index is 13.3. The highest BCUT2D eigenvalue weighted by Crippen LogP contribution is 2.33. The number of anilines is 1. The quantitative estimate of drug-likeness (QED) is 0.463. The maximum absolute atomic E-state index is 13.3. The number of nitrogens with zero attached hydrogens (tertiary/aromatic N) is 2. The first-order chi connectivity index (χ1) is 14.4. The Balaban J connectivity index is 1.76. The van der Waals surface area contributed by atoms with Gasteiger partial charge < -0.3 is 10.1 Å². The molecule has 6 nitrogen and oxygen atoms in total. The van der Waals surface area contributed by atoms with Gasteiger partial charge >= 0.3 is 0 Å². The number of carbonyl (C=O) groups is 1. The first kappa shape index (κ1) is 20.4. The van der Waals surface area contributed by atoms with Crippen molar-refractivity contribution in [3.63, 3.8) is 0 Å². The van der Waals surface area contributed by atoms with Gasteiger partial charge in [-0.25, -0.2) is 4.68 Å². The molecule has 0 aliphatic heterocycles. The van der Waals surface area contributed by atoms with Gasteiger partial charge in [0, 0.05) is 15.8 Å². The maximum Gasteiger partial charge on any atom is 0.276 e. The number of methoxy groups -OCH3 is 1. The summed E-state index contributed by atoms with van der Waals surface area (Å²) in [6.07, 6.45) is 0.412. The molecule has 30 heavy (non-hydrogen) atoms. The molecule has 0 aliphatic carbocycles. The van der Waals surface area contributed by atoms with Crippen LogP contribution in [0, 0.1) is 6.92 Å². The zero-order chi connectivity index (χ0) is 21.4. The van der Waals surface area contributed by atoms with Gasteiger partial charge in [0.25, 0.3) is 5.56 Å². The van der Waals surface area contributed by atoms with Crippen LogP contribution in [-0.4, -0.2) is 22.8 Å². The Morgan fingerprint density at radius 3 is 2.77 bits per heavy atom. The van der Waals surface area contributed by atoms with Crippen molar-refractivity contribution in [2.75, 3.05) is 12.4 Å². The lowest BCUT2D eigenvalue weighted by Gasteiger charge is -2.18. The largest absolute Gasteiger partial charge is 0.495 e. The third-order valence-electron chi connectivity index (χ3n) is 5.01. The molecule has 8 heteroatoms. The topological polar surface area (TPSA) is 73.2 Å². The van der Waals surface area contributed by atoms with Gasteiger partial charge in [0.05, 0.1) is 27.9 Å². The highest BCUT2D eigenvalue weighted by Gasteiger charge is 2.24. The molecule has 0 aliphatic rings. The number of thiophene rings is 1. The standard InChI is InChI=1S/C22H20ClN3O3S/c1-4-16(21(27)24-13-9-10-17(29-3)15(23)11-13)26-22(28)19-14-7-5-6-8-18(14)30-20(19)12(2)25-26/h5-11,16H,4H2,1-3H3,(H,24,27)/t16-/m0/s1. The number of amides is 1. The zero-order valence-corrected chi connectivity index (χ0v) is 18.3. The first-order valence-corrected chi connectivity index (χ1v) is 10.7. The Bertz CT molecular complexity index is 1330.